The first-order chi connectivity index (χ1) is 8.51. The molecular weight excluding hydrogens is 273 g/mol. The fraction of sp³-hybridized carbons (Fsp3) is 0.167. The number of aromatic nitrogens is 3. The second kappa shape index (κ2) is 5.00. The van der Waals surface area contributed by atoms with Crippen LogP contribution >= 0.6 is 23.2 Å². The van der Waals surface area contributed by atoms with Crippen LogP contribution in [0.1, 0.15) is 21.6 Å². The van der Waals surface area contributed by atoms with Crippen molar-refractivity contribution in [3.63, 3.8) is 0 Å². The zero-order valence-corrected chi connectivity index (χ0v) is 11.2. The quantitative estimate of drug-likeness (QED) is 0.626. The van der Waals surface area contributed by atoms with Gasteiger partial charge in [0.1, 0.15) is 16.0 Å². The Morgan fingerprint density at radius 3 is 2.17 bits per heavy atom. The summed E-state index contributed by atoms with van der Waals surface area (Å²) in [5.74, 6) is 0.308. The Hall–Kier alpha value is -1.52. The Labute approximate surface area is 114 Å². The predicted molar refractivity (Wildman–Crippen MR) is 70.1 cm³/mol. The second-order valence-electron chi connectivity index (χ2n) is 3.83. The lowest BCUT2D eigenvalue weighted by molar-refractivity contribution is 0.112. The molecule has 0 atom stereocenters. The van der Waals surface area contributed by atoms with Gasteiger partial charge in [0.05, 0.1) is 5.56 Å². The summed E-state index contributed by atoms with van der Waals surface area (Å²) in [5.41, 5.74) is 2.55. The third-order valence-electron chi connectivity index (χ3n) is 2.30. The molecule has 0 aliphatic heterocycles. The summed E-state index contributed by atoms with van der Waals surface area (Å²) in [6.45, 7) is 3.82. The normalized spacial score (nSPS) is 10.4. The Balaban J connectivity index is 2.61. The molecule has 2 rings (SSSR count). The van der Waals surface area contributed by atoms with E-state index in [0.717, 1.165) is 11.3 Å². The van der Waals surface area contributed by atoms with Gasteiger partial charge in [-0.15, -0.1) is 0 Å². The van der Waals surface area contributed by atoms with Gasteiger partial charge in [0.2, 0.25) is 0 Å². The van der Waals surface area contributed by atoms with Crippen LogP contribution in [0, 0.1) is 13.8 Å². The first-order valence-electron chi connectivity index (χ1n) is 5.15. The molecule has 18 heavy (non-hydrogen) atoms. The fourth-order valence-electron chi connectivity index (χ4n) is 1.58. The molecule has 0 saturated carbocycles. The van der Waals surface area contributed by atoms with E-state index in [2.05, 4.69) is 15.0 Å². The van der Waals surface area contributed by atoms with Gasteiger partial charge in [-0.05, 0) is 31.5 Å². The lowest BCUT2D eigenvalue weighted by Crippen LogP contribution is -1.99. The number of hydrogen-bond acceptors (Lipinski definition) is 4. The molecule has 0 radical (unpaired) electrons. The van der Waals surface area contributed by atoms with Gasteiger partial charge in [0.25, 0.3) is 0 Å². The number of nitrogens with zero attached hydrogens (tertiary/aromatic N) is 3. The van der Waals surface area contributed by atoms with E-state index in [4.69, 9.17) is 23.2 Å². The smallest absolute Gasteiger partial charge is 0.181 e. The maximum Gasteiger partial charge on any atom is 0.181 e. The van der Waals surface area contributed by atoms with E-state index in [1.165, 1.54) is 0 Å². The number of pyridine rings is 1. The molecule has 0 unspecified atom stereocenters. The van der Waals surface area contributed by atoms with E-state index in [0.29, 0.717) is 17.8 Å². The summed E-state index contributed by atoms with van der Waals surface area (Å²) in [5, 5.41) is 0.0573. The van der Waals surface area contributed by atoms with E-state index in [1.54, 1.807) is 0 Å². The average molecular weight is 282 g/mol. The molecule has 2 heterocycles. The highest BCUT2D eigenvalue weighted by atomic mass is 35.5. The Bertz CT molecular complexity index is 585. The molecule has 0 N–H and O–H groups in total. The minimum atomic E-state index is 0.0287. The molecule has 0 aromatic carbocycles. The van der Waals surface area contributed by atoms with Crippen LogP contribution in [0.2, 0.25) is 10.3 Å². The van der Waals surface area contributed by atoms with Crippen LogP contribution < -0.4 is 0 Å². The number of hydrogen-bond donors (Lipinski definition) is 0. The first-order valence-corrected chi connectivity index (χ1v) is 5.90. The van der Waals surface area contributed by atoms with Crippen molar-refractivity contribution in [1.82, 2.24) is 15.0 Å². The average Bonchev–Trinajstić information content (AvgIpc) is 2.27. The van der Waals surface area contributed by atoms with Crippen molar-refractivity contribution in [2.75, 3.05) is 0 Å². The van der Waals surface area contributed by atoms with E-state index < -0.39 is 0 Å². The number of carbonyl (C=O) groups excluding carboxylic acids is 1. The maximum atomic E-state index is 10.7. The number of carbonyl (C=O) groups is 1. The molecular formula is C12H9Cl2N3O. The van der Waals surface area contributed by atoms with Gasteiger partial charge in [-0.3, -0.25) is 4.79 Å². The zero-order valence-electron chi connectivity index (χ0n) is 9.74. The Kier molecular flexibility index (Phi) is 3.59. The summed E-state index contributed by atoms with van der Waals surface area (Å²) in [6.07, 6.45) is 0.531. The summed E-state index contributed by atoms with van der Waals surface area (Å²) < 4.78 is 0. The van der Waals surface area contributed by atoms with Gasteiger partial charge in [-0.25, -0.2) is 15.0 Å². The number of aldehydes is 1. The van der Waals surface area contributed by atoms with Gasteiger partial charge in [0, 0.05) is 5.69 Å². The molecule has 0 aliphatic carbocycles. The molecule has 0 spiro atoms. The van der Waals surface area contributed by atoms with Crippen molar-refractivity contribution < 1.29 is 4.79 Å². The lowest BCUT2D eigenvalue weighted by atomic mass is 10.2. The highest BCUT2D eigenvalue weighted by Gasteiger charge is 2.13. The van der Waals surface area contributed by atoms with Crippen molar-refractivity contribution in [1.29, 1.82) is 0 Å². The van der Waals surface area contributed by atoms with Gasteiger partial charge < -0.3 is 0 Å². The standard InChI is InChI=1S/C12H9Cl2N3O/c1-6-3-7(2)15-9(4-6)12-16-10(13)8(5-18)11(14)17-12/h3-5H,1-2H3. The molecule has 2 aromatic rings. The van der Waals surface area contributed by atoms with Gasteiger partial charge in [-0.2, -0.15) is 0 Å². The minimum absolute atomic E-state index is 0.0287. The monoisotopic (exact) mass is 281 g/mol. The third kappa shape index (κ3) is 2.49. The summed E-state index contributed by atoms with van der Waals surface area (Å²) in [6, 6.07) is 3.77. The van der Waals surface area contributed by atoms with Crippen molar-refractivity contribution in [3.8, 4) is 11.5 Å². The van der Waals surface area contributed by atoms with Gasteiger partial charge in [0.15, 0.2) is 12.1 Å². The largest absolute Gasteiger partial charge is 0.298 e. The number of aryl methyl sites for hydroxylation is 2. The molecule has 0 aliphatic rings. The van der Waals surface area contributed by atoms with Gasteiger partial charge in [-0.1, -0.05) is 23.2 Å². The van der Waals surface area contributed by atoms with Crippen LogP contribution in [0.5, 0.6) is 0 Å². The predicted octanol–water partition coefficient (Wildman–Crippen LogP) is 3.27. The van der Waals surface area contributed by atoms with Gasteiger partial charge >= 0.3 is 0 Å². The number of halogens is 2. The topological polar surface area (TPSA) is 55.7 Å². The summed E-state index contributed by atoms with van der Waals surface area (Å²) >= 11 is 11.7. The molecule has 0 amide bonds. The van der Waals surface area contributed by atoms with Crippen LogP contribution in [0.3, 0.4) is 0 Å². The molecule has 92 valence electrons. The SMILES string of the molecule is Cc1cc(C)nc(-c2nc(Cl)c(C=O)c(Cl)n2)c1. The Morgan fingerprint density at radius 1 is 1.06 bits per heavy atom. The zero-order chi connectivity index (χ0) is 13.3. The first kappa shape index (κ1) is 12.9. The second-order valence-corrected chi connectivity index (χ2v) is 4.55. The third-order valence-corrected chi connectivity index (χ3v) is 2.87. The Morgan fingerprint density at radius 2 is 1.67 bits per heavy atom. The number of rotatable bonds is 2. The molecule has 4 nitrogen and oxygen atoms in total. The van der Waals surface area contributed by atoms with Crippen molar-refractivity contribution >= 4 is 29.5 Å². The summed E-state index contributed by atoms with van der Waals surface area (Å²) in [4.78, 5) is 23.1. The highest BCUT2D eigenvalue weighted by molar-refractivity contribution is 6.37. The maximum absolute atomic E-state index is 10.7. The van der Waals surface area contributed by atoms with Crippen LogP contribution in [-0.2, 0) is 0 Å². The van der Waals surface area contributed by atoms with Crippen molar-refractivity contribution in [2.24, 2.45) is 0 Å². The highest BCUT2D eigenvalue weighted by Crippen LogP contribution is 2.24. The fourth-order valence-corrected chi connectivity index (χ4v) is 2.06. The van der Waals surface area contributed by atoms with Crippen molar-refractivity contribution in [3.05, 3.63) is 39.3 Å². The van der Waals surface area contributed by atoms with Crippen LogP contribution in [-0.4, -0.2) is 21.2 Å². The molecule has 0 fully saturated rings. The lowest BCUT2D eigenvalue weighted by Gasteiger charge is -2.05. The van der Waals surface area contributed by atoms with E-state index in [9.17, 15) is 4.79 Å². The van der Waals surface area contributed by atoms with Crippen molar-refractivity contribution in [2.45, 2.75) is 13.8 Å². The van der Waals surface area contributed by atoms with E-state index >= 15 is 0 Å². The molecule has 0 bridgehead atoms. The van der Waals surface area contributed by atoms with Crippen LogP contribution in [0.15, 0.2) is 12.1 Å². The molecule has 6 heteroatoms. The van der Waals surface area contributed by atoms with E-state index in [-0.39, 0.29) is 15.9 Å². The minimum Gasteiger partial charge on any atom is -0.298 e. The van der Waals surface area contributed by atoms with E-state index in [1.807, 2.05) is 26.0 Å². The molecule has 0 saturated heterocycles. The van der Waals surface area contributed by atoms with Crippen LogP contribution in [0.4, 0.5) is 0 Å². The van der Waals surface area contributed by atoms with Crippen LogP contribution in [0.25, 0.3) is 11.5 Å². The molecule has 2 aromatic heterocycles. The summed E-state index contributed by atoms with van der Waals surface area (Å²) in [7, 11) is 0.